The van der Waals surface area contributed by atoms with Crippen LogP contribution in [-0.2, 0) is 9.47 Å². The van der Waals surface area contributed by atoms with Crippen LogP contribution in [0.1, 0.15) is 31.3 Å². The van der Waals surface area contributed by atoms with Crippen LogP contribution in [0, 0.1) is 6.92 Å². The molecule has 1 heterocycles. The smallest absolute Gasteiger partial charge is 0.184 e. The van der Waals surface area contributed by atoms with Gasteiger partial charge in [0.05, 0.1) is 13.2 Å². The van der Waals surface area contributed by atoms with Crippen LogP contribution in [0.4, 0.5) is 0 Å². The molecule has 0 amide bonds. The number of hydrogen-bond acceptors (Lipinski definition) is 2. The first kappa shape index (κ1) is 15.6. The molecule has 0 aliphatic carbocycles. The Morgan fingerprint density at radius 3 is 1.88 bits per heavy atom. The molecule has 1 saturated heterocycles. The summed E-state index contributed by atoms with van der Waals surface area (Å²) in [6.07, 6.45) is -0.134. The summed E-state index contributed by atoms with van der Waals surface area (Å²) in [7, 11) is 0. The van der Waals surface area contributed by atoms with Gasteiger partial charge in [-0.2, -0.15) is 0 Å². The van der Waals surface area contributed by atoms with Crippen molar-refractivity contribution in [2.24, 2.45) is 0 Å². The summed E-state index contributed by atoms with van der Waals surface area (Å²) in [5.41, 5.74) is 2.37. The molecule has 16 heavy (non-hydrogen) atoms. The summed E-state index contributed by atoms with van der Waals surface area (Å²) < 4.78 is 10.7. The first-order valence-electron chi connectivity index (χ1n) is 5.54. The summed E-state index contributed by atoms with van der Waals surface area (Å²) >= 11 is 2.94. The third-order valence-electron chi connectivity index (χ3n) is 1.97. The van der Waals surface area contributed by atoms with Crippen LogP contribution in [0.25, 0.3) is 0 Å². The highest BCUT2D eigenvalue weighted by molar-refractivity contribution is 9.08. The predicted octanol–water partition coefficient (Wildman–Crippen LogP) is 4.08. The van der Waals surface area contributed by atoms with Crippen molar-refractivity contribution in [2.45, 2.75) is 27.1 Å². The minimum atomic E-state index is -0.134. The Morgan fingerprint density at radius 2 is 1.44 bits per heavy atom. The molecule has 2 nitrogen and oxygen atoms in total. The fraction of sp³-hybridized carbons (Fsp3) is 0.538. The van der Waals surface area contributed by atoms with Gasteiger partial charge < -0.3 is 9.47 Å². The number of benzene rings is 1. The van der Waals surface area contributed by atoms with Crippen molar-refractivity contribution in [3.63, 3.8) is 0 Å². The maximum atomic E-state index is 5.36. The number of ether oxygens (including phenoxy) is 2. The Morgan fingerprint density at radius 1 is 1.00 bits per heavy atom. The van der Waals surface area contributed by atoms with E-state index in [0.29, 0.717) is 13.2 Å². The molecule has 0 spiro atoms. The lowest BCUT2D eigenvalue weighted by Gasteiger charge is -2.08. The average molecular weight is 289 g/mol. The predicted molar refractivity (Wildman–Crippen MR) is 72.0 cm³/mol. The monoisotopic (exact) mass is 288 g/mol. The Kier molecular flexibility index (Phi) is 9.59. The van der Waals surface area contributed by atoms with Crippen molar-refractivity contribution in [1.82, 2.24) is 0 Å². The number of alkyl halides is 1. The van der Waals surface area contributed by atoms with Gasteiger partial charge in [0.15, 0.2) is 6.29 Å². The normalized spacial score (nSPS) is 14.6. The Hall–Kier alpha value is -0.380. The lowest BCUT2D eigenvalue weighted by molar-refractivity contribution is -0.0441. The van der Waals surface area contributed by atoms with Crippen LogP contribution in [-0.4, -0.2) is 19.0 Å². The first-order valence-corrected chi connectivity index (χ1v) is 7.12. The van der Waals surface area contributed by atoms with E-state index in [4.69, 9.17) is 9.47 Å². The van der Waals surface area contributed by atoms with Gasteiger partial charge >= 0.3 is 0 Å². The maximum Gasteiger partial charge on any atom is 0.184 e. The topological polar surface area (TPSA) is 18.5 Å². The minimum Gasteiger partial charge on any atom is -0.346 e. The fourth-order valence-corrected chi connectivity index (χ4v) is 1.27. The van der Waals surface area contributed by atoms with Crippen LogP contribution in [0.2, 0.25) is 0 Å². The fourth-order valence-electron chi connectivity index (χ4n) is 1.27. The van der Waals surface area contributed by atoms with Crippen LogP contribution < -0.4 is 0 Å². The largest absolute Gasteiger partial charge is 0.346 e. The van der Waals surface area contributed by atoms with E-state index in [1.165, 1.54) is 5.56 Å². The number of rotatable bonds is 1. The molecule has 0 radical (unpaired) electrons. The Labute approximate surface area is 107 Å². The standard InChI is InChI=1S/C10H12O2.C2H6.CH3Br/c1-8-2-4-9(5-3-8)10-11-6-7-12-10;2*1-2/h2-5,10H,6-7H2,1H3;1-2H3;1H3. The SMILES string of the molecule is CBr.CC.Cc1ccc(C2OCCO2)cc1. The van der Waals surface area contributed by atoms with Crippen molar-refractivity contribution in [3.8, 4) is 0 Å². The van der Waals surface area contributed by atoms with Gasteiger partial charge in [-0.3, -0.25) is 0 Å². The summed E-state index contributed by atoms with van der Waals surface area (Å²) in [5.74, 6) is 1.81. The second-order valence-electron chi connectivity index (χ2n) is 2.98. The zero-order chi connectivity index (χ0) is 12.4. The second-order valence-corrected chi connectivity index (χ2v) is 2.98. The van der Waals surface area contributed by atoms with Crippen molar-refractivity contribution in [1.29, 1.82) is 0 Å². The van der Waals surface area contributed by atoms with E-state index in [-0.39, 0.29) is 6.29 Å². The molecule has 0 atom stereocenters. The molecule has 0 unspecified atom stereocenters. The third kappa shape index (κ3) is 5.10. The highest BCUT2D eigenvalue weighted by Gasteiger charge is 2.17. The summed E-state index contributed by atoms with van der Waals surface area (Å²) in [6.45, 7) is 7.48. The zero-order valence-electron chi connectivity index (χ0n) is 10.5. The zero-order valence-corrected chi connectivity index (χ0v) is 12.1. The number of halogens is 1. The van der Waals surface area contributed by atoms with Gasteiger partial charge in [0.2, 0.25) is 0 Å². The summed E-state index contributed by atoms with van der Waals surface area (Å²) in [4.78, 5) is 0. The highest BCUT2D eigenvalue weighted by atomic mass is 79.9. The van der Waals surface area contributed by atoms with Crippen molar-refractivity contribution >= 4 is 15.9 Å². The lowest BCUT2D eigenvalue weighted by atomic mass is 10.1. The van der Waals surface area contributed by atoms with E-state index < -0.39 is 0 Å². The molecule has 0 aromatic heterocycles. The van der Waals surface area contributed by atoms with Crippen LogP contribution in [0.3, 0.4) is 0 Å². The van der Waals surface area contributed by atoms with E-state index >= 15 is 0 Å². The van der Waals surface area contributed by atoms with Gasteiger partial charge in [-0.1, -0.05) is 59.6 Å². The molecule has 1 fully saturated rings. The number of aryl methyl sites for hydroxylation is 1. The number of hydrogen-bond donors (Lipinski definition) is 0. The van der Waals surface area contributed by atoms with Crippen LogP contribution in [0.15, 0.2) is 24.3 Å². The summed E-state index contributed by atoms with van der Waals surface area (Å²) in [6, 6.07) is 8.23. The third-order valence-corrected chi connectivity index (χ3v) is 1.97. The molecule has 1 aliphatic rings. The molecular formula is C13H21BrO2. The highest BCUT2D eigenvalue weighted by Crippen LogP contribution is 2.22. The molecule has 1 aromatic carbocycles. The minimum absolute atomic E-state index is 0.134. The van der Waals surface area contributed by atoms with Gasteiger partial charge in [0.1, 0.15) is 0 Å². The first-order chi connectivity index (χ1) is 7.86. The van der Waals surface area contributed by atoms with Gasteiger partial charge in [-0.15, -0.1) is 0 Å². The van der Waals surface area contributed by atoms with E-state index in [1.807, 2.05) is 31.8 Å². The van der Waals surface area contributed by atoms with Crippen LogP contribution in [0.5, 0.6) is 0 Å². The van der Waals surface area contributed by atoms with Crippen molar-refractivity contribution in [2.75, 3.05) is 19.0 Å². The van der Waals surface area contributed by atoms with Crippen LogP contribution >= 0.6 is 15.9 Å². The second kappa shape index (κ2) is 9.82. The van der Waals surface area contributed by atoms with E-state index in [9.17, 15) is 0 Å². The quantitative estimate of drug-likeness (QED) is 0.725. The van der Waals surface area contributed by atoms with Gasteiger partial charge in [0, 0.05) is 5.56 Å². The van der Waals surface area contributed by atoms with E-state index in [1.54, 1.807) is 0 Å². The van der Waals surface area contributed by atoms with Gasteiger partial charge in [0.25, 0.3) is 0 Å². The van der Waals surface area contributed by atoms with Gasteiger partial charge in [-0.25, -0.2) is 0 Å². The molecule has 0 bridgehead atoms. The molecule has 2 rings (SSSR count). The van der Waals surface area contributed by atoms with E-state index in [2.05, 4.69) is 35.0 Å². The Bertz CT molecular complexity index is 253. The molecule has 92 valence electrons. The molecule has 1 aromatic rings. The van der Waals surface area contributed by atoms with Crippen molar-refractivity contribution in [3.05, 3.63) is 35.4 Å². The molecule has 0 N–H and O–H groups in total. The van der Waals surface area contributed by atoms with Crippen molar-refractivity contribution < 1.29 is 9.47 Å². The molecule has 3 heteroatoms. The van der Waals surface area contributed by atoms with Gasteiger partial charge in [-0.05, 0) is 12.8 Å². The molecular weight excluding hydrogens is 268 g/mol. The average Bonchev–Trinajstić information content (AvgIpc) is 2.89. The molecule has 0 saturated carbocycles. The lowest BCUT2D eigenvalue weighted by Crippen LogP contribution is -1.97. The Balaban J connectivity index is 0.000000509. The van der Waals surface area contributed by atoms with E-state index in [0.717, 1.165) is 5.56 Å². The maximum absolute atomic E-state index is 5.36. The summed E-state index contributed by atoms with van der Waals surface area (Å²) in [5, 5.41) is 0. The molecule has 1 aliphatic heterocycles.